The van der Waals surface area contributed by atoms with Gasteiger partial charge in [-0.05, 0) is 75.7 Å². The van der Waals surface area contributed by atoms with Crippen molar-refractivity contribution >= 4 is 114 Å². The molecule has 1 aliphatic rings. The van der Waals surface area contributed by atoms with Crippen molar-refractivity contribution < 1.29 is 4.42 Å². The summed E-state index contributed by atoms with van der Waals surface area (Å²) in [7, 11) is 0. The van der Waals surface area contributed by atoms with Crippen LogP contribution in [0.1, 0.15) is 30.0 Å². The third-order valence-electron chi connectivity index (χ3n) is 14.0. The second-order valence-corrected chi connectivity index (χ2v) is 19.1. The van der Waals surface area contributed by atoms with Gasteiger partial charge in [0.15, 0.2) is 11.4 Å². The number of benzene rings is 10. The van der Waals surface area contributed by atoms with E-state index in [1.165, 1.54) is 47.3 Å². The minimum absolute atomic E-state index is 0.0673. The van der Waals surface area contributed by atoms with Gasteiger partial charge in [0.2, 0.25) is 0 Å². The Morgan fingerprint density at radius 3 is 2.04 bits per heavy atom. The van der Waals surface area contributed by atoms with Gasteiger partial charge in [-0.15, -0.1) is 11.3 Å². The zero-order valence-electron chi connectivity index (χ0n) is 37.1. The predicted molar refractivity (Wildman–Crippen MR) is 289 cm³/mol. The summed E-state index contributed by atoms with van der Waals surface area (Å²) < 4.78 is 12.2. The van der Waals surface area contributed by atoms with Crippen LogP contribution in [0.5, 0.6) is 0 Å². The van der Waals surface area contributed by atoms with Crippen molar-refractivity contribution in [2.24, 2.45) is 15.9 Å². The van der Waals surface area contributed by atoms with E-state index >= 15 is 0 Å². The smallest absolute Gasteiger partial charge is 0.161 e. The number of hydrogen-bond acceptors (Lipinski definition) is 4. The highest BCUT2D eigenvalue weighted by Gasteiger charge is 2.28. The molecule has 5 heteroatoms. The van der Waals surface area contributed by atoms with Crippen LogP contribution in [0.15, 0.2) is 227 Å². The summed E-state index contributed by atoms with van der Waals surface area (Å²) in [4.78, 5) is 11.7. The van der Waals surface area contributed by atoms with Crippen molar-refractivity contribution in [2.45, 2.75) is 13.3 Å². The van der Waals surface area contributed by atoms with Crippen molar-refractivity contribution in [1.29, 1.82) is 0 Å². The molecule has 4 heterocycles. The van der Waals surface area contributed by atoms with Crippen LogP contribution in [0, 0.1) is 5.92 Å². The molecule has 0 fully saturated rings. The summed E-state index contributed by atoms with van der Waals surface area (Å²) >= 11 is 1.84. The molecule has 68 heavy (non-hydrogen) atoms. The molecule has 10 aromatic carbocycles. The zero-order chi connectivity index (χ0) is 44.9. The predicted octanol–water partition coefficient (Wildman–Crippen LogP) is 17.3. The minimum Gasteiger partial charge on any atom is -0.454 e. The lowest BCUT2D eigenvalue weighted by molar-refractivity contribution is 0.667. The molecule has 0 bridgehead atoms. The first kappa shape index (κ1) is 38.8. The van der Waals surface area contributed by atoms with E-state index in [1.807, 2.05) is 11.3 Å². The summed E-state index contributed by atoms with van der Waals surface area (Å²) in [6.07, 6.45) is 3.12. The normalized spacial score (nSPS) is 15.4. The van der Waals surface area contributed by atoms with Gasteiger partial charge < -0.3 is 8.98 Å². The van der Waals surface area contributed by atoms with E-state index in [0.29, 0.717) is 5.84 Å². The molecule has 0 N–H and O–H groups in total. The molecule has 0 aliphatic carbocycles. The van der Waals surface area contributed by atoms with E-state index in [-0.39, 0.29) is 5.92 Å². The quantitative estimate of drug-likeness (QED) is 0.170. The monoisotopic (exact) mass is 887 g/mol. The van der Waals surface area contributed by atoms with Crippen LogP contribution >= 0.6 is 11.3 Å². The fraction of sp³-hybridized carbons (Fsp3) is 0.0476. The first-order chi connectivity index (χ1) is 33.6. The Bertz CT molecular complexity index is 4310. The minimum atomic E-state index is 0.0673. The Kier molecular flexibility index (Phi) is 8.77. The second kappa shape index (κ2) is 15.3. The van der Waals surface area contributed by atoms with Gasteiger partial charge >= 0.3 is 0 Å². The Morgan fingerprint density at radius 1 is 0.515 bits per heavy atom. The number of hydrogen-bond donors (Lipinski definition) is 0. The topological polar surface area (TPSA) is 42.8 Å². The van der Waals surface area contributed by atoms with Gasteiger partial charge in [-0.1, -0.05) is 183 Å². The maximum Gasteiger partial charge on any atom is 0.161 e. The number of fused-ring (bicyclic) bond motifs is 11. The molecule has 14 rings (SSSR count). The molecule has 0 amide bonds. The molecule has 0 radical (unpaired) electrons. The van der Waals surface area contributed by atoms with Crippen LogP contribution in [-0.2, 0) is 0 Å². The molecule has 4 nitrogen and oxygen atoms in total. The van der Waals surface area contributed by atoms with E-state index in [1.54, 1.807) is 0 Å². The van der Waals surface area contributed by atoms with Gasteiger partial charge in [0.05, 0.1) is 28.1 Å². The van der Waals surface area contributed by atoms with Gasteiger partial charge in [-0.3, -0.25) is 0 Å². The second-order valence-electron chi connectivity index (χ2n) is 18.0. The highest BCUT2D eigenvalue weighted by Crippen LogP contribution is 2.46. The number of amidine groups is 1. The van der Waals surface area contributed by atoms with Crippen LogP contribution in [0.3, 0.4) is 0 Å². The highest BCUT2D eigenvalue weighted by molar-refractivity contribution is 7.26. The summed E-state index contributed by atoms with van der Waals surface area (Å²) in [6.45, 7) is 2.31. The third kappa shape index (κ3) is 5.99. The van der Waals surface area contributed by atoms with E-state index in [4.69, 9.17) is 14.4 Å². The lowest BCUT2D eigenvalue weighted by atomic mass is 9.90. The Hall–Kier alpha value is -8.38. The van der Waals surface area contributed by atoms with Crippen molar-refractivity contribution in [3.05, 3.63) is 229 Å². The average molecular weight is 888 g/mol. The van der Waals surface area contributed by atoms with E-state index in [9.17, 15) is 0 Å². The lowest BCUT2D eigenvalue weighted by Crippen LogP contribution is -2.17. The number of aliphatic imine (C=N–C) groups is 2. The number of aromatic nitrogens is 1. The number of allylic oxidation sites excluding steroid dienone is 1. The number of furan rings is 1. The van der Waals surface area contributed by atoms with Crippen LogP contribution in [-0.4, -0.2) is 16.1 Å². The van der Waals surface area contributed by atoms with Crippen LogP contribution in [0.2, 0.25) is 0 Å². The lowest BCUT2D eigenvalue weighted by Gasteiger charge is -2.21. The van der Waals surface area contributed by atoms with Gasteiger partial charge in [-0.25, -0.2) is 9.98 Å². The molecule has 0 spiro atoms. The van der Waals surface area contributed by atoms with E-state index < -0.39 is 0 Å². The first-order valence-corrected chi connectivity index (χ1v) is 24.2. The van der Waals surface area contributed by atoms with Crippen LogP contribution in [0.4, 0.5) is 0 Å². The highest BCUT2D eigenvalue weighted by atomic mass is 32.1. The third-order valence-corrected chi connectivity index (χ3v) is 15.2. The van der Waals surface area contributed by atoms with Gasteiger partial charge in [0.1, 0.15) is 5.58 Å². The molecule has 0 saturated carbocycles. The average Bonchev–Trinajstić information content (AvgIpc) is 4.07. The van der Waals surface area contributed by atoms with Crippen LogP contribution < -0.4 is 0 Å². The molecule has 1 aliphatic heterocycles. The number of nitrogens with zero attached hydrogens (tertiary/aromatic N) is 3. The largest absolute Gasteiger partial charge is 0.454 e. The summed E-state index contributed by atoms with van der Waals surface area (Å²) in [6, 6.07) is 74.2. The zero-order valence-corrected chi connectivity index (χ0v) is 38.0. The standard InChI is InChI=1S/C63H41N3OS/c1-38-33-34-52(49-29-16-28-48-45-24-11-14-32-56(45)68-62(48)49)64-63(65-59(38)43-22-15-21-40(35-43)39-17-3-2-4-18-39)58-46-25-7-8-26-47(46)60(61-57(58)50-27-10-13-31-55(50)67-61)66-53-30-12-9-23-44(53)51-36-41-19-5-6-20-42(41)37-54(51)66/h2-32,34-38H,33H2,1H3/b52-34+,64-63?,65-59?. The maximum atomic E-state index is 7.25. The van der Waals surface area contributed by atoms with E-state index in [2.05, 4.69) is 224 Å². The van der Waals surface area contributed by atoms with Crippen molar-refractivity contribution in [3.63, 3.8) is 0 Å². The first-order valence-electron chi connectivity index (χ1n) is 23.4. The molecule has 3 aromatic heterocycles. The number of rotatable bonds is 5. The maximum absolute atomic E-state index is 7.25. The Morgan fingerprint density at radius 2 is 1.18 bits per heavy atom. The summed E-state index contributed by atoms with van der Waals surface area (Å²) in [5, 5.41) is 11.4. The Balaban J connectivity index is 1.11. The van der Waals surface area contributed by atoms with Crippen molar-refractivity contribution in [2.75, 3.05) is 0 Å². The van der Waals surface area contributed by atoms with Gasteiger partial charge in [0, 0.05) is 64.1 Å². The molecule has 13 aromatic rings. The molecular formula is C63H41N3OS. The molecular weight excluding hydrogens is 847 g/mol. The Labute approximate surface area is 396 Å². The van der Waals surface area contributed by atoms with E-state index in [0.717, 1.165) is 89.5 Å². The molecule has 1 atom stereocenters. The SMILES string of the molecule is CC1C/C=C(\c2cccc3c2sc2ccccc23)N=C(c2c3ccccc3c(-n3c4ccccc4c4cc5ccccc5cc43)c3oc4ccccc4c23)N=C1c1cccc(-c2ccccc2)c1. The fourth-order valence-electron chi connectivity index (χ4n) is 10.9. The van der Waals surface area contributed by atoms with Crippen molar-refractivity contribution in [3.8, 4) is 16.8 Å². The van der Waals surface area contributed by atoms with Gasteiger partial charge in [0.25, 0.3) is 0 Å². The van der Waals surface area contributed by atoms with Gasteiger partial charge in [-0.2, -0.15) is 0 Å². The fourth-order valence-corrected chi connectivity index (χ4v) is 12.1. The molecule has 1 unspecified atom stereocenters. The summed E-state index contributed by atoms with van der Waals surface area (Å²) in [5.41, 5.74) is 12.3. The number of para-hydroxylation sites is 2. The summed E-state index contributed by atoms with van der Waals surface area (Å²) in [5.74, 6) is 0.728. The molecule has 320 valence electrons. The number of thiophene rings is 1. The van der Waals surface area contributed by atoms with Crippen molar-refractivity contribution in [1.82, 2.24) is 4.57 Å². The molecule has 0 saturated heterocycles. The van der Waals surface area contributed by atoms with Crippen LogP contribution in [0.25, 0.3) is 108 Å².